The van der Waals surface area contributed by atoms with Crippen LogP contribution in [-0.2, 0) is 16.1 Å². The molecule has 21 heavy (non-hydrogen) atoms. The fourth-order valence-corrected chi connectivity index (χ4v) is 3.61. The van der Waals surface area contributed by atoms with Gasteiger partial charge in [-0.05, 0) is 36.1 Å². The van der Waals surface area contributed by atoms with Crippen LogP contribution in [0.3, 0.4) is 0 Å². The molecule has 1 atom stereocenters. The van der Waals surface area contributed by atoms with E-state index in [-0.39, 0.29) is 0 Å². The summed E-state index contributed by atoms with van der Waals surface area (Å²) in [6.45, 7) is 0.624. The zero-order valence-electron chi connectivity index (χ0n) is 11.7. The fourth-order valence-electron chi connectivity index (χ4n) is 2.41. The SMILES string of the molecule is C=S(=O)(NCCc1c[nH]c2ccccc12)c1ccccc1. The van der Waals surface area contributed by atoms with Crippen molar-refractivity contribution in [3.8, 4) is 0 Å². The Bertz CT molecular complexity index is 835. The van der Waals surface area contributed by atoms with Crippen molar-refractivity contribution >= 4 is 26.5 Å². The summed E-state index contributed by atoms with van der Waals surface area (Å²) in [5.74, 6) is 3.83. The van der Waals surface area contributed by atoms with Crippen LogP contribution in [0, 0.1) is 0 Å². The Morgan fingerprint density at radius 3 is 2.57 bits per heavy atom. The predicted molar refractivity (Wildman–Crippen MR) is 90.0 cm³/mol. The van der Waals surface area contributed by atoms with Crippen molar-refractivity contribution in [3.63, 3.8) is 0 Å². The van der Waals surface area contributed by atoms with Crippen molar-refractivity contribution < 1.29 is 4.21 Å². The minimum atomic E-state index is -2.43. The van der Waals surface area contributed by atoms with Gasteiger partial charge in [0.1, 0.15) is 0 Å². The van der Waals surface area contributed by atoms with Crippen LogP contribution in [0.5, 0.6) is 0 Å². The lowest BCUT2D eigenvalue weighted by atomic mass is 10.1. The molecular weight excluding hydrogens is 280 g/mol. The third-order valence-corrected chi connectivity index (χ3v) is 5.23. The van der Waals surface area contributed by atoms with E-state index in [0.717, 1.165) is 16.8 Å². The highest BCUT2D eigenvalue weighted by atomic mass is 32.2. The van der Waals surface area contributed by atoms with Crippen molar-refractivity contribution in [2.24, 2.45) is 0 Å². The van der Waals surface area contributed by atoms with Crippen molar-refractivity contribution in [2.45, 2.75) is 11.3 Å². The van der Waals surface area contributed by atoms with E-state index < -0.39 is 9.71 Å². The third kappa shape index (κ3) is 3.01. The van der Waals surface area contributed by atoms with Gasteiger partial charge in [-0.2, -0.15) is 0 Å². The summed E-state index contributed by atoms with van der Waals surface area (Å²) in [6.07, 6.45) is 2.82. The molecule has 0 radical (unpaired) electrons. The molecule has 2 aromatic carbocycles. The molecule has 1 heterocycles. The summed E-state index contributed by atoms with van der Waals surface area (Å²) < 4.78 is 15.6. The summed E-state index contributed by atoms with van der Waals surface area (Å²) in [5, 5.41) is 1.22. The molecule has 0 fully saturated rings. The minimum Gasteiger partial charge on any atom is -0.361 e. The maximum absolute atomic E-state index is 12.5. The van der Waals surface area contributed by atoms with Gasteiger partial charge in [0.25, 0.3) is 0 Å². The van der Waals surface area contributed by atoms with E-state index >= 15 is 0 Å². The first kappa shape index (κ1) is 13.9. The highest BCUT2D eigenvalue weighted by molar-refractivity contribution is 7.98. The molecule has 0 amide bonds. The van der Waals surface area contributed by atoms with Gasteiger partial charge < -0.3 is 4.98 Å². The summed E-state index contributed by atoms with van der Waals surface area (Å²) in [5.41, 5.74) is 2.35. The van der Waals surface area contributed by atoms with Crippen LogP contribution in [0.1, 0.15) is 5.56 Å². The van der Waals surface area contributed by atoms with E-state index in [4.69, 9.17) is 0 Å². The summed E-state index contributed by atoms with van der Waals surface area (Å²) in [6, 6.07) is 17.5. The first-order valence-corrected chi connectivity index (χ1v) is 8.61. The Kier molecular flexibility index (Phi) is 3.82. The molecule has 4 heteroatoms. The number of aromatic amines is 1. The second kappa shape index (κ2) is 5.76. The average molecular weight is 298 g/mol. The van der Waals surface area contributed by atoms with Crippen LogP contribution in [0.4, 0.5) is 0 Å². The van der Waals surface area contributed by atoms with Gasteiger partial charge in [0.05, 0.1) is 9.71 Å². The van der Waals surface area contributed by atoms with Crippen molar-refractivity contribution in [3.05, 3.63) is 66.4 Å². The van der Waals surface area contributed by atoms with Crippen molar-refractivity contribution in [1.29, 1.82) is 0 Å². The Hall–Kier alpha value is -2.04. The summed E-state index contributed by atoms with van der Waals surface area (Å²) in [7, 11) is -2.43. The Morgan fingerprint density at radius 1 is 1.05 bits per heavy atom. The van der Waals surface area contributed by atoms with Crippen LogP contribution < -0.4 is 4.72 Å². The molecule has 2 N–H and O–H groups in total. The molecule has 0 aliphatic rings. The number of para-hydroxylation sites is 1. The summed E-state index contributed by atoms with van der Waals surface area (Å²) in [4.78, 5) is 3.99. The number of benzene rings is 2. The van der Waals surface area contributed by atoms with E-state index in [0.29, 0.717) is 6.54 Å². The second-order valence-corrected chi connectivity index (χ2v) is 7.10. The maximum atomic E-state index is 12.5. The largest absolute Gasteiger partial charge is 0.361 e. The van der Waals surface area contributed by atoms with Gasteiger partial charge in [-0.15, -0.1) is 0 Å². The Balaban J connectivity index is 1.69. The molecule has 0 aliphatic heterocycles. The van der Waals surface area contributed by atoms with E-state index in [1.165, 1.54) is 10.9 Å². The van der Waals surface area contributed by atoms with Crippen LogP contribution in [0.2, 0.25) is 0 Å². The molecule has 0 saturated carbocycles. The smallest absolute Gasteiger partial charge is 0.0533 e. The normalized spacial score (nSPS) is 14.1. The van der Waals surface area contributed by atoms with E-state index in [1.807, 2.05) is 48.7 Å². The molecule has 3 rings (SSSR count). The standard InChI is InChI=1S/C17H18N2OS/c1-21(20,15-7-3-2-4-8-15)19-12-11-14-13-18-17-10-6-5-9-16(14)17/h2-10,13,18H,1,11-12H2,(H,19,20). The van der Waals surface area contributed by atoms with Gasteiger partial charge in [-0.3, -0.25) is 0 Å². The predicted octanol–water partition coefficient (Wildman–Crippen LogP) is 2.99. The Morgan fingerprint density at radius 2 is 1.76 bits per heavy atom. The zero-order chi connectivity index (χ0) is 14.7. The molecule has 0 saturated heterocycles. The van der Waals surface area contributed by atoms with Gasteiger partial charge >= 0.3 is 0 Å². The first-order chi connectivity index (χ1) is 10.2. The van der Waals surface area contributed by atoms with Crippen LogP contribution in [0.15, 0.2) is 65.7 Å². The molecular formula is C17H18N2OS. The van der Waals surface area contributed by atoms with Crippen LogP contribution in [0.25, 0.3) is 10.9 Å². The first-order valence-electron chi connectivity index (χ1n) is 6.89. The molecule has 1 aromatic heterocycles. The molecule has 1 unspecified atom stereocenters. The number of hydrogen-bond donors (Lipinski definition) is 2. The molecule has 3 nitrogen and oxygen atoms in total. The molecule has 0 aliphatic carbocycles. The number of rotatable bonds is 5. The van der Waals surface area contributed by atoms with E-state index in [2.05, 4.69) is 27.7 Å². The van der Waals surface area contributed by atoms with Gasteiger partial charge in [-0.25, -0.2) is 8.93 Å². The van der Waals surface area contributed by atoms with Gasteiger partial charge in [0, 0.05) is 28.5 Å². The van der Waals surface area contributed by atoms with Gasteiger partial charge in [0.2, 0.25) is 0 Å². The lowest BCUT2D eigenvalue weighted by molar-refractivity contribution is 0.669. The quantitative estimate of drug-likeness (QED) is 0.699. The molecule has 0 bridgehead atoms. The highest BCUT2D eigenvalue weighted by Gasteiger charge is 2.07. The monoisotopic (exact) mass is 298 g/mol. The zero-order valence-corrected chi connectivity index (χ0v) is 12.5. The fraction of sp³-hybridized carbons (Fsp3) is 0.118. The van der Waals surface area contributed by atoms with E-state index in [9.17, 15) is 4.21 Å². The lowest BCUT2D eigenvalue weighted by Crippen LogP contribution is -2.25. The Labute approximate surface area is 125 Å². The minimum absolute atomic E-state index is 0.624. The highest BCUT2D eigenvalue weighted by Crippen LogP contribution is 2.18. The number of H-pyrrole nitrogens is 1. The topological polar surface area (TPSA) is 44.9 Å². The number of fused-ring (bicyclic) bond motifs is 1. The third-order valence-electron chi connectivity index (χ3n) is 3.53. The number of hydrogen-bond acceptors (Lipinski definition) is 1. The maximum Gasteiger partial charge on any atom is 0.0533 e. The van der Waals surface area contributed by atoms with E-state index in [1.54, 1.807) is 0 Å². The lowest BCUT2D eigenvalue weighted by Gasteiger charge is -2.11. The number of nitrogens with one attached hydrogen (secondary N) is 2. The average Bonchev–Trinajstić information content (AvgIpc) is 2.92. The number of aromatic nitrogens is 1. The van der Waals surface area contributed by atoms with Crippen molar-refractivity contribution in [2.75, 3.05) is 6.54 Å². The molecule has 0 spiro atoms. The van der Waals surface area contributed by atoms with Gasteiger partial charge in [0.15, 0.2) is 0 Å². The van der Waals surface area contributed by atoms with Crippen LogP contribution >= 0.6 is 0 Å². The molecule has 108 valence electrons. The summed E-state index contributed by atoms with van der Waals surface area (Å²) >= 11 is 0. The second-order valence-electron chi connectivity index (χ2n) is 4.99. The van der Waals surface area contributed by atoms with Gasteiger partial charge in [-0.1, -0.05) is 36.4 Å². The van der Waals surface area contributed by atoms with Crippen LogP contribution in [-0.4, -0.2) is 21.6 Å². The molecule has 3 aromatic rings. The van der Waals surface area contributed by atoms with Crippen molar-refractivity contribution in [1.82, 2.24) is 9.71 Å².